The van der Waals surface area contributed by atoms with Gasteiger partial charge in [0.1, 0.15) is 0 Å². The van der Waals surface area contributed by atoms with Gasteiger partial charge < -0.3 is 10.4 Å². The Morgan fingerprint density at radius 1 is 1.38 bits per heavy atom. The summed E-state index contributed by atoms with van der Waals surface area (Å²) in [5.41, 5.74) is 2.07. The van der Waals surface area contributed by atoms with Gasteiger partial charge in [0.25, 0.3) is 0 Å². The Bertz CT molecular complexity index is 276. The first kappa shape index (κ1) is 10.5. The van der Waals surface area contributed by atoms with Gasteiger partial charge in [-0.1, -0.05) is 17.7 Å². The Morgan fingerprint density at radius 2 is 2.15 bits per heavy atom. The van der Waals surface area contributed by atoms with E-state index >= 15 is 0 Å². The number of rotatable bonds is 4. The molecule has 0 aliphatic heterocycles. The van der Waals surface area contributed by atoms with Crippen molar-refractivity contribution in [3.8, 4) is 0 Å². The lowest BCUT2D eigenvalue weighted by Gasteiger charge is -2.07. The van der Waals surface area contributed by atoms with Crippen molar-refractivity contribution in [2.75, 3.05) is 13.6 Å². The van der Waals surface area contributed by atoms with Crippen molar-refractivity contribution in [1.82, 2.24) is 5.32 Å². The summed E-state index contributed by atoms with van der Waals surface area (Å²) in [5.74, 6) is 0. The van der Waals surface area contributed by atoms with Gasteiger partial charge in [-0.2, -0.15) is 0 Å². The molecule has 1 aromatic carbocycles. The van der Waals surface area contributed by atoms with E-state index < -0.39 is 0 Å². The maximum atomic E-state index is 9.06. The highest BCUT2D eigenvalue weighted by Crippen LogP contribution is 2.16. The molecule has 0 atom stereocenters. The van der Waals surface area contributed by atoms with Gasteiger partial charge in [0.05, 0.1) is 6.61 Å². The van der Waals surface area contributed by atoms with Crippen molar-refractivity contribution in [2.24, 2.45) is 0 Å². The summed E-state index contributed by atoms with van der Waals surface area (Å²) in [6.45, 7) is 0.967. The molecule has 2 N–H and O–H groups in total. The van der Waals surface area contributed by atoms with E-state index in [1.165, 1.54) is 0 Å². The van der Waals surface area contributed by atoms with Crippen molar-refractivity contribution in [3.05, 3.63) is 34.3 Å². The van der Waals surface area contributed by atoms with E-state index in [-0.39, 0.29) is 6.61 Å². The Labute approximate surface area is 83.5 Å². The Hall–Kier alpha value is -0.570. The minimum atomic E-state index is 0.0552. The second-order valence-corrected chi connectivity index (χ2v) is 3.36. The first-order chi connectivity index (χ1) is 6.27. The van der Waals surface area contributed by atoms with E-state index in [0.29, 0.717) is 5.02 Å². The molecule has 0 radical (unpaired) electrons. The van der Waals surface area contributed by atoms with Gasteiger partial charge >= 0.3 is 0 Å². The molecule has 0 unspecified atom stereocenters. The maximum Gasteiger partial charge on any atom is 0.0685 e. The molecule has 0 aliphatic rings. The van der Waals surface area contributed by atoms with Crippen molar-refractivity contribution < 1.29 is 5.11 Å². The molecule has 0 aromatic heterocycles. The van der Waals surface area contributed by atoms with Gasteiger partial charge in [-0.3, -0.25) is 0 Å². The molecule has 1 aromatic rings. The molecule has 0 spiro atoms. The van der Waals surface area contributed by atoms with Crippen LogP contribution in [0.4, 0.5) is 0 Å². The number of halogens is 1. The average molecular weight is 200 g/mol. The van der Waals surface area contributed by atoms with Gasteiger partial charge in [-0.05, 0) is 43.3 Å². The van der Waals surface area contributed by atoms with Crippen LogP contribution in [0.5, 0.6) is 0 Å². The Balaban J connectivity index is 2.79. The van der Waals surface area contributed by atoms with Crippen molar-refractivity contribution in [3.63, 3.8) is 0 Å². The first-order valence-electron chi connectivity index (χ1n) is 4.30. The van der Waals surface area contributed by atoms with Gasteiger partial charge in [0.15, 0.2) is 0 Å². The van der Waals surface area contributed by atoms with E-state index in [1.54, 1.807) is 0 Å². The summed E-state index contributed by atoms with van der Waals surface area (Å²) in [5, 5.41) is 12.8. The molecule has 2 nitrogen and oxygen atoms in total. The summed E-state index contributed by atoms with van der Waals surface area (Å²) in [7, 11) is 1.91. The molecule has 1 rings (SSSR count). The summed E-state index contributed by atoms with van der Waals surface area (Å²) >= 11 is 5.80. The largest absolute Gasteiger partial charge is 0.392 e. The van der Waals surface area contributed by atoms with Crippen LogP contribution >= 0.6 is 11.6 Å². The lowest BCUT2D eigenvalue weighted by Crippen LogP contribution is -2.11. The molecular formula is C10H14ClNO. The summed E-state index contributed by atoms with van der Waals surface area (Å²) in [6.07, 6.45) is 0.920. The zero-order valence-corrected chi connectivity index (χ0v) is 8.43. The van der Waals surface area contributed by atoms with Gasteiger partial charge in [0.2, 0.25) is 0 Å². The fourth-order valence-electron chi connectivity index (χ4n) is 1.25. The van der Waals surface area contributed by atoms with Crippen LogP contribution in [0.25, 0.3) is 0 Å². The van der Waals surface area contributed by atoms with Crippen molar-refractivity contribution >= 4 is 11.6 Å². The zero-order valence-electron chi connectivity index (χ0n) is 7.68. The minimum absolute atomic E-state index is 0.0552. The molecule has 0 bridgehead atoms. The molecule has 0 heterocycles. The summed E-state index contributed by atoms with van der Waals surface area (Å²) in [4.78, 5) is 0. The second-order valence-electron chi connectivity index (χ2n) is 2.92. The number of hydrogen-bond acceptors (Lipinski definition) is 2. The highest BCUT2D eigenvalue weighted by Gasteiger charge is 2.01. The fourth-order valence-corrected chi connectivity index (χ4v) is 1.44. The SMILES string of the molecule is CNCCc1ccc(Cl)cc1CO. The third kappa shape index (κ3) is 2.99. The average Bonchev–Trinajstić information content (AvgIpc) is 2.16. The first-order valence-corrected chi connectivity index (χ1v) is 4.68. The number of nitrogens with one attached hydrogen (secondary N) is 1. The molecule has 0 saturated carbocycles. The molecule has 3 heteroatoms. The molecule has 0 fully saturated rings. The molecule has 0 saturated heterocycles. The van der Waals surface area contributed by atoms with Crippen LogP contribution in [-0.2, 0) is 13.0 Å². The van der Waals surface area contributed by atoms with Crippen LogP contribution in [0.2, 0.25) is 5.02 Å². The van der Waals surface area contributed by atoms with Crippen molar-refractivity contribution in [2.45, 2.75) is 13.0 Å². The second kappa shape index (κ2) is 5.22. The number of aliphatic hydroxyl groups excluding tert-OH is 1. The lowest BCUT2D eigenvalue weighted by atomic mass is 10.1. The van der Waals surface area contributed by atoms with E-state index in [4.69, 9.17) is 16.7 Å². The monoisotopic (exact) mass is 199 g/mol. The Kier molecular flexibility index (Phi) is 4.22. The number of aliphatic hydroxyl groups is 1. The van der Waals surface area contributed by atoms with Crippen molar-refractivity contribution in [1.29, 1.82) is 0 Å². The maximum absolute atomic E-state index is 9.06. The van der Waals surface area contributed by atoms with E-state index in [0.717, 1.165) is 24.1 Å². The van der Waals surface area contributed by atoms with E-state index in [2.05, 4.69) is 5.32 Å². The molecule has 72 valence electrons. The molecule has 0 amide bonds. The minimum Gasteiger partial charge on any atom is -0.392 e. The van der Waals surface area contributed by atoms with Crippen LogP contribution in [0, 0.1) is 0 Å². The predicted molar refractivity (Wildman–Crippen MR) is 55.0 cm³/mol. The van der Waals surface area contributed by atoms with Crippen LogP contribution in [-0.4, -0.2) is 18.7 Å². The van der Waals surface area contributed by atoms with Gasteiger partial charge in [-0.15, -0.1) is 0 Å². The van der Waals surface area contributed by atoms with Crippen LogP contribution in [0.3, 0.4) is 0 Å². The van der Waals surface area contributed by atoms with E-state index in [9.17, 15) is 0 Å². The number of likely N-dealkylation sites (N-methyl/N-ethyl adjacent to an activating group) is 1. The van der Waals surface area contributed by atoms with Crippen LogP contribution in [0.1, 0.15) is 11.1 Å². The third-order valence-corrected chi connectivity index (χ3v) is 2.22. The standard InChI is InChI=1S/C10H14ClNO/c1-12-5-4-8-2-3-10(11)6-9(8)7-13/h2-3,6,12-13H,4-5,7H2,1H3. The molecule has 13 heavy (non-hydrogen) atoms. The van der Waals surface area contributed by atoms with Crippen LogP contribution < -0.4 is 5.32 Å². The number of benzene rings is 1. The lowest BCUT2D eigenvalue weighted by molar-refractivity contribution is 0.280. The molecule has 0 aliphatic carbocycles. The van der Waals surface area contributed by atoms with Crippen LogP contribution in [0.15, 0.2) is 18.2 Å². The normalized spacial score (nSPS) is 10.4. The quantitative estimate of drug-likeness (QED) is 0.772. The van der Waals surface area contributed by atoms with Gasteiger partial charge in [0, 0.05) is 5.02 Å². The third-order valence-electron chi connectivity index (χ3n) is 1.98. The Morgan fingerprint density at radius 3 is 2.77 bits per heavy atom. The van der Waals surface area contributed by atoms with E-state index in [1.807, 2.05) is 25.2 Å². The topological polar surface area (TPSA) is 32.3 Å². The summed E-state index contributed by atoms with van der Waals surface area (Å²) < 4.78 is 0. The predicted octanol–water partition coefficient (Wildman–Crippen LogP) is 1.59. The smallest absolute Gasteiger partial charge is 0.0685 e. The summed E-state index contributed by atoms with van der Waals surface area (Å²) in [6, 6.07) is 5.63. The highest BCUT2D eigenvalue weighted by atomic mass is 35.5. The fraction of sp³-hybridized carbons (Fsp3) is 0.400. The zero-order chi connectivity index (χ0) is 9.68. The highest BCUT2D eigenvalue weighted by molar-refractivity contribution is 6.30. The molecular weight excluding hydrogens is 186 g/mol. The van der Waals surface area contributed by atoms with Gasteiger partial charge in [-0.25, -0.2) is 0 Å². The number of hydrogen-bond donors (Lipinski definition) is 2.